The van der Waals surface area contributed by atoms with Gasteiger partial charge in [0, 0.05) is 6.04 Å². The normalized spacial score (nSPS) is 15.3. The summed E-state index contributed by atoms with van der Waals surface area (Å²) in [7, 11) is 0. The topological polar surface area (TPSA) is 108 Å². The Hall–Kier alpha value is -2.29. The second-order valence-electron chi connectivity index (χ2n) is 5.19. The van der Waals surface area contributed by atoms with E-state index in [0.717, 1.165) is 12.8 Å². The lowest BCUT2D eigenvalue weighted by molar-refractivity contribution is -0.119. The maximum absolute atomic E-state index is 11.8. The van der Waals surface area contributed by atoms with Crippen molar-refractivity contribution in [3.05, 3.63) is 24.2 Å². The summed E-state index contributed by atoms with van der Waals surface area (Å²) in [5, 5.41) is 14.2. The number of nitrogens with zero attached hydrogens (tertiary/aromatic N) is 3. The minimum absolute atomic E-state index is 0.0250. The monoisotopic (exact) mass is 334 g/mol. The molecule has 122 valence electrons. The summed E-state index contributed by atoms with van der Waals surface area (Å²) in [4.78, 5) is 16.0. The molecule has 0 spiro atoms. The van der Waals surface area contributed by atoms with E-state index in [1.165, 1.54) is 30.8 Å². The van der Waals surface area contributed by atoms with Gasteiger partial charge in [0.15, 0.2) is 0 Å². The molecule has 2 aromatic heterocycles. The summed E-state index contributed by atoms with van der Waals surface area (Å²) in [6, 6.07) is 3.90. The number of hydrogen-bond donors (Lipinski definition) is 3. The highest BCUT2D eigenvalue weighted by Gasteiger charge is 2.17. The van der Waals surface area contributed by atoms with Crippen LogP contribution in [0.15, 0.2) is 33.1 Å². The van der Waals surface area contributed by atoms with Gasteiger partial charge in [-0.1, -0.05) is 24.6 Å². The standard InChI is InChI=1S/C14H18N6O2S/c21-12(16-10-4-1-2-5-10)9-23-14-17-13(19-20-14)18-15-8-11-6-3-7-22-11/h3,6-8,10H,1-2,4-5,9H2,(H,16,21)(H2,17,18,19,20)/b15-8-. The first-order valence-electron chi connectivity index (χ1n) is 7.47. The molecule has 3 N–H and O–H groups in total. The van der Waals surface area contributed by atoms with E-state index in [-0.39, 0.29) is 5.91 Å². The first-order chi connectivity index (χ1) is 11.3. The van der Waals surface area contributed by atoms with Crippen molar-refractivity contribution >= 4 is 29.8 Å². The van der Waals surface area contributed by atoms with Crippen LogP contribution in [0, 0.1) is 0 Å². The van der Waals surface area contributed by atoms with Crippen LogP contribution in [0.3, 0.4) is 0 Å². The molecule has 0 atom stereocenters. The lowest BCUT2D eigenvalue weighted by Gasteiger charge is -2.10. The molecule has 2 heterocycles. The summed E-state index contributed by atoms with van der Waals surface area (Å²) >= 11 is 1.29. The number of hydrazone groups is 1. The Kier molecular flexibility index (Phi) is 5.30. The molecule has 1 fully saturated rings. The van der Waals surface area contributed by atoms with Gasteiger partial charge in [0.05, 0.1) is 18.2 Å². The van der Waals surface area contributed by atoms with Crippen molar-refractivity contribution in [2.45, 2.75) is 36.9 Å². The first-order valence-corrected chi connectivity index (χ1v) is 8.45. The van der Waals surface area contributed by atoms with Crippen molar-refractivity contribution < 1.29 is 9.21 Å². The first kappa shape index (κ1) is 15.6. The van der Waals surface area contributed by atoms with Gasteiger partial charge in [-0.25, -0.2) is 10.5 Å². The number of hydrogen-bond acceptors (Lipinski definition) is 7. The summed E-state index contributed by atoms with van der Waals surface area (Å²) in [5.74, 6) is 1.38. The molecule has 8 nitrogen and oxygen atoms in total. The number of aromatic nitrogens is 3. The van der Waals surface area contributed by atoms with Crippen LogP contribution in [-0.2, 0) is 4.79 Å². The Bertz CT molecular complexity index is 648. The average molecular weight is 334 g/mol. The molecule has 2 aromatic rings. The number of nitrogens with one attached hydrogen (secondary N) is 3. The molecule has 1 aliphatic rings. The van der Waals surface area contributed by atoms with Crippen molar-refractivity contribution in [3.8, 4) is 0 Å². The lowest BCUT2D eigenvalue weighted by atomic mass is 10.2. The average Bonchev–Trinajstić information content (AvgIpc) is 3.28. The van der Waals surface area contributed by atoms with Gasteiger partial charge >= 0.3 is 0 Å². The highest BCUT2D eigenvalue weighted by Crippen LogP contribution is 2.18. The largest absolute Gasteiger partial charge is 0.463 e. The molecule has 1 saturated carbocycles. The zero-order valence-electron chi connectivity index (χ0n) is 12.5. The van der Waals surface area contributed by atoms with Gasteiger partial charge in [-0.3, -0.25) is 4.79 Å². The van der Waals surface area contributed by atoms with E-state index in [4.69, 9.17) is 4.42 Å². The molecular formula is C14H18N6O2S. The zero-order chi connectivity index (χ0) is 15.9. The number of H-pyrrole nitrogens is 1. The number of amides is 1. The number of carbonyl (C=O) groups is 1. The third kappa shape index (κ3) is 4.85. The number of aromatic amines is 1. The minimum atomic E-state index is 0.0250. The van der Waals surface area contributed by atoms with Crippen LogP contribution in [0.5, 0.6) is 0 Å². The van der Waals surface area contributed by atoms with E-state index in [0.29, 0.717) is 28.7 Å². The highest BCUT2D eigenvalue weighted by molar-refractivity contribution is 7.99. The van der Waals surface area contributed by atoms with Gasteiger partial charge in [-0.15, -0.1) is 5.10 Å². The van der Waals surface area contributed by atoms with Gasteiger partial charge in [0.1, 0.15) is 5.76 Å². The molecule has 0 unspecified atom stereocenters. The van der Waals surface area contributed by atoms with Crippen LogP contribution in [0.4, 0.5) is 5.95 Å². The number of rotatable bonds is 7. The van der Waals surface area contributed by atoms with Crippen molar-refractivity contribution in [1.29, 1.82) is 0 Å². The van der Waals surface area contributed by atoms with Crippen LogP contribution >= 0.6 is 11.8 Å². The fourth-order valence-corrected chi connectivity index (χ4v) is 2.96. The van der Waals surface area contributed by atoms with Crippen molar-refractivity contribution in [1.82, 2.24) is 20.5 Å². The Labute approximate surface area is 137 Å². The van der Waals surface area contributed by atoms with Gasteiger partial charge < -0.3 is 9.73 Å². The predicted octanol–water partition coefficient (Wildman–Crippen LogP) is 1.99. The van der Waals surface area contributed by atoms with Gasteiger partial charge in [-0.05, 0) is 25.0 Å². The molecule has 0 saturated heterocycles. The molecule has 0 bridgehead atoms. The van der Waals surface area contributed by atoms with E-state index >= 15 is 0 Å². The second-order valence-corrected chi connectivity index (χ2v) is 6.13. The van der Waals surface area contributed by atoms with E-state index in [2.05, 4.69) is 31.0 Å². The number of thioether (sulfide) groups is 1. The maximum atomic E-state index is 11.8. The van der Waals surface area contributed by atoms with E-state index in [1.54, 1.807) is 18.4 Å². The highest BCUT2D eigenvalue weighted by atomic mass is 32.2. The summed E-state index contributed by atoms with van der Waals surface area (Å²) in [6.07, 6.45) is 7.67. The van der Waals surface area contributed by atoms with Crippen LogP contribution < -0.4 is 10.7 Å². The van der Waals surface area contributed by atoms with Crippen molar-refractivity contribution in [2.75, 3.05) is 11.2 Å². The number of anilines is 1. The Morgan fingerprint density at radius 1 is 1.52 bits per heavy atom. The van der Waals surface area contributed by atoms with E-state index < -0.39 is 0 Å². The van der Waals surface area contributed by atoms with Crippen LogP contribution in [0.2, 0.25) is 0 Å². The van der Waals surface area contributed by atoms with Crippen LogP contribution in [0.25, 0.3) is 0 Å². The fraction of sp³-hybridized carbons (Fsp3) is 0.429. The SMILES string of the molecule is O=C(CSc1n[nH]c(N/N=C\c2ccco2)n1)NC1CCCC1. The molecule has 1 aliphatic carbocycles. The molecule has 23 heavy (non-hydrogen) atoms. The van der Waals surface area contributed by atoms with Gasteiger partial charge in [0.25, 0.3) is 0 Å². The van der Waals surface area contributed by atoms with Crippen molar-refractivity contribution in [2.24, 2.45) is 5.10 Å². The molecule has 3 rings (SSSR count). The number of carbonyl (C=O) groups excluding carboxylic acids is 1. The Morgan fingerprint density at radius 3 is 3.17 bits per heavy atom. The third-order valence-electron chi connectivity index (χ3n) is 3.42. The van der Waals surface area contributed by atoms with E-state index in [1.807, 2.05) is 0 Å². The molecule has 0 radical (unpaired) electrons. The van der Waals surface area contributed by atoms with Crippen LogP contribution in [0.1, 0.15) is 31.4 Å². The zero-order valence-corrected chi connectivity index (χ0v) is 13.3. The quantitative estimate of drug-likeness (QED) is 0.406. The maximum Gasteiger partial charge on any atom is 0.240 e. The van der Waals surface area contributed by atoms with Crippen LogP contribution in [-0.4, -0.2) is 39.1 Å². The molecule has 0 aromatic carbocycles. The predicted molar refractivity (Wildman–Crippen MR) is 87.4 cm³/mol. The Morgan fingerprint density at radius 2 is 2.39 bits per heavy atom. The summed E-state index contributed by atoms with van der Waals surface area (Å²) in [5.41, 5.74) is 2.72. The molecule has 0 aliphatic heterocycles. The summed E-state index contributed by atoms with van der Waals surface area (Å²) < 4.78 is 5.11. The second kappa shape index (κ2) is 7.82. The summed E-state index contributed by atoms with van der Waals surface area (Å²) in [6.45, 7) is 0. The number of furan rings is 1. The smallest absolute Gasteiger partial charge is 0.240 e. The Balaban J connectivity index is 1.41. The molecule has 9 heteroatoms. The molecule has 1 amide bonds. The van der Waals surface area contributed by atoms with Gasteiger partial charge in [0.2, 0.25) is 17.0 Å². The molecular weight excluding hydrogens is 316 g/mol. The fourth-order valence-electron chi connectivity index (χ4n) is 2.35. The van der Waals surface area contributed by atoms with Gasteiger partial charge in [-0.2, -0.15) is 10.1 Å². The third-order valence-corrected chi connectivity index (χ3v) is 4.27. The van der Waals surface area contributed by atoms with E-state index in [9.17, 15) is 4.79 Å². The lowest BCUT2D eigenvalue weighted by Crippen LogP contribution is -2.33. The van der Waals surface area contributed by atoms with Crippen molar-refractivity contribution in [3.63, 3.8) is 0 Å². The minimum Gasteiger partial charge on any atom is -0.463 e.